The molecular weight excluding hydrogens is 439 g/mol. The van der Waals surface area contributed by atoms with Crippen LogP contribution in [0.1, 0.15) is 15.2 Å². The molecule has 10 heteroatoms. The van der Waals surface area contributed by atoms with Crippen LogP contribution in [0.15, 0.2) is 34.7 Å². The van der Waals surface area contributed by atoms with E-state index in [-0.39, 0.29) is 11.5 Å². The molecule has 0 fully saturated rings. The Balaban J connectivity index is 1.64. The maximum absolute atomic E-state index is 12.7. The highest BCUT2D eigenvalue weighted by atomic mass is 35.5. The first kappa shape index (κ1) is 19.1. The van der Waals surface area contributed by atoms with Crippen LogP contribution in [0, 0.1) is 6.92 Å². The summed E-state index contributed by atoms with van der Waals surface area (Å²) in [6.45, 7) is 1.75. The molecule has 0 atom stereocenters. The molecule has 1 aromatic carbocycles. The molecule has 142 valence electrons. The zero-order chi connectivity index (χ0) is 20.0. The Morgan fingerprint density at radius 1 is 1.29 bits per heavy atom. The number of hydrogen-bond donors (Lipinski definition) is 1. The summed E-state index contributed by atoms with van der Waals surface area (Å²) in [6.07, 6.45) is 1.45. The van der Waals surface area contributed by atoms with Crippen LogP contribution in [0.25, 0.3) is 21.5 Å². The number of carbonyl (C=O) groups excluding carboxylic acids is 1. The quantitative estimate of drug-likeness (QED) is 0.476. The number of fused-ring (bicyclic) bond motifs is 1. The van der Waals surface area contributed by atoms with Gasteiger partial charge in [0.2, 0.25) is 0 Å². The predicted octanol–water partition coefficient (Wildman–Crippen LogP) is 4.99. The Morgan fingerprint density at radius 3 is 2.82 bits per heavy atom. The molecule has 6 nitrogen and oxygen atoms in total. The highest BCUT2D eigenvalue weighted by molar-refractivity contribution is 7.21. The zero-order valence-electron chi connectivity index (χ0n) is 14.6. The van der Waals surface area contributed by atoms with Crippen LogP contribution in [0.2, 0.25) is 10.0 Å². The molecule has 0 saturated heterocycles. The molecule has 0 aliphatic carbocycles. The number of anilines is 1. The van der Waals surface area contributed by atoms with E-state index < -0.39 is 0 Å². The van der Waals surface area contributed by atoms with Gasteiger partial charge in [0.15, 0.2) is 5.13 Å². The Morgan fingerprint density at radius 2 is 2.07 bits per heavy atom. The van der Waals surface area contributed by atoms with Crippen molar-refractivity contribution in [3.05, 3.63) is 60.7 Å². The summed E-state index contributed by atoms with van der Waals surface area (Å²) in [5, 5.41) is 6.52. The number of hydrogen-bond acceptors (Lipinski definition) is 6. The van der Waals surface area contributed by atoms with Gasteiger partial charge < -0.3 is 4.57 Å². The third kappa shape index (κ3) is 3.33. The highest BCUT2D eigenvalue weighted by Crippen LogP contribution is 2.33. The van der Waals surface area contributed by atoms with Crippen LogP contribution >= 0.6 is 45.9 Å². The van der Waals surface area contributed by atoms with Crippen molar-refractivity contribution >= 4 is 67.1 Å². The largest absolute Gasteiger partial charge is 0.302 e. The molecule has 0 spiro atoms. The number of benzene rings is 1. The molecule has 1 N–H and O–H groups in total. The maximum Gasteiger partial charge on any atom is 0.267 e. The lowest BCUT2D eigenvalue weighted by Crippen LogP contribution is -2.17. The van der Waals surface area contributed by atoms with Crippen LogP contribution < -0.4 is 10.9 Å². The van der Waals surface area contributed by atoms with Gasteiger partial charge in [-0.05, 0) is 30.7 Å². The van der Waals surface area contributed by atoms with E-state index >= 15 is 0 Å². The van der Waals surface area contributed by atoms with E-state index in [0.717, 1.165) is 5.56 Å². The fraction of sp³-hybridized carbons (Fsp3) is 0.111. The van der Waals surface area contributed by atoms with Crippen LogP contribution in [-0.2, 0) is 7.05 Å². The molecule has 0 radical (unpaired) electrons. The van der Waals surface area contributed by atoms with Crippen molar-refractivity contribution in [1.29, 1.82) is 0 Å². The molecule has 0 saturated carbocycles. The molecule has 0 unspecified atom stereocenters. The lowest BCUT2D eigenvalue weighted by atomic mass is 10.2. The van der Waals surface area contributed by atoms with Gasteiger partial charge in [0.1, 0.15) is 4.83 Å². The average Bonchev–Trinajstić information content (AvgIpc) is 3.23. The minimum Gasteiger partial charge on any atom is -0.302 e. The second-order valence-electron chi connectivity index (χ2n) is 6.01. The SMILES string of the molecule is Cc1c(C(=O)Nc2nc(-c3ccc(Cl)cc3Cl)cs2)sc2ncn(C)c(=O)c12. The molecule has 0 aliphatic heterocycles. The minimum absolute atomic E-state index is 0.174. The Labute approximate surface area is 177 Å². The molecule has 1 amide bonds. The summed E-state index contributed by atoms with van der Waals surface area (Å²) in [7, 11) is 1.63. The van der Waals surface area contributed by atoms with Crippen molar-refractivity contribution in [1.82, 2.24) is 14.5 Å². The molecule has 0 aliphatic rings. The second-order valence-corrected chi connectivity index (χ2v) is 8.71. The van der Waals surface area contributed by atoms with E-state index in [1.54, 1.807) is 37.6 Å². The fourth-order valence-electron chi connectivity index (χ4n) is 2.73. The van der Waals surface area contributed by atoms with E-state index in [0.29, 0.717) is 41.5 Å². The number of rotatable bonds is 3. The van der Waals surface area contributed by atoms with Gasteiger partial charge in [0, 0.05) is 23.0 Å². The maximum atomic E-state index is 12.7. The standard InChI is InChI=1S/C18H12Cl2N4O2S2/c1-8-13-16(21-7-24(2)17(13)26)28-14(8)15(25)23-18-22-12(6-27-18)10-4-3-9(19)5-11(10)20/h3-7H,1-2H3,(H,22,23,25). The number of nitrogens with one attached hydrogen (secondary N) is 1. The number of aryl methyl sites for hydroxylation is 2. The summed E-state index contributed by atoms with van der Waals surface area (Å²) in [6, 6.07) is 5.15. The smallest absolute Gasteiger partial charge is 0.267 e. The van der Waals surface area contributed by atoms with E-state index in [2.05, 4.69) is 15.3 Å². The van der Waals surface area contributed by atoms with Gasteiger partial charge in [-0.3, -0.25) is 14.9 Å². The second kappa shape index (κ2) is 7.29. The van der Waals surface area contributed by atoms with Crippen LogP contribution in [0.3, 0.4) is 0 Å². The minimum atomic E-state index is -0.328. The van der Waals surface area contributed by atoms with Crippen molar-refractivity contribution in [2.24, 2.45) is 7.05 Å². The Kier molecular flexibility index (Phi) is 4.96. The van der Waals surface area contributed by atoms with Gasteiger partial charge >= 0.3 is 0 Å². The molecule has 3 aromatic heterocycles. The van der Waals surface area contributed by atoms with Gasteiger partial charge in [-0.1, -0.05) is 23.2 Å². The van der Waals surface area contributed by atoms with Crippen molar-refractivity contribution in [2.45, 2.75) is 6.92 Å². The van der Waals surface area contributed by atoms with Crippen molar-refractivity contribution in [3.63, 3.8) is 0 Å². The van der Waals surface area contributed by atoms with Crippen molar-refractivity contribution in [2.75, 3.05) is 5.32 Å². The van der Waals surface area contributed by atoms with Crippen molar-refractivity contribution in [3.8, 4) is 11.3 Å². The number of halogens is 2. The highest BCUT2D eigenvalue weighted by Gasteiger charge is 2.20. The third-order valence-electron chi connectivity index (χ3n) is 4.15. The summed E-state index contributed by atoms with van der Waals surface area (Å²) in [5.74, 6) is -0.328. The number of thiophene rings is 1. The van der Waals surface area contributed by atoms with Gasteiger partial charge in [-0.15, -0.1) is 22.7 Å². The van der Waals surface area contributed by atoms with Gasteiger partial charge in [0.05, 0.1) is 27.3 Å². The molecule has 4 rings (SSSR count). The summed E-state index contributed by atoms with van der Waals surface area (Å²) >= 11 is 14.6. The molecule has 4 aromatic rings. The number of carbonyl (C=O) groups is 1. The van der Waals surface area contributed by atoms with Crippen LogP contribution in [-0.4, -0.2) is 20.4 Å². The van der Waals surface area contributed by atoms with Gasteiger partial charge in [-0.2, -0.15) is 0 Å². The number of amides is 1. The average molecular weight is 451 g/mol. The first-order valence-corrected chi connectivity index (χ1v) is 10.5. The first-order chi connectivity index (χ1) is 13.3. The topological polar surface area (TPSA) is 76.9 Å². The van der Waals surface area contributed by atoms with E-state index in [1.165, 1.54) is 33.6 Å². The van der Waals surface area contributed by atoms with Gasteiger partial charge in [0.25, 0.3) is 11.5 Å². The lowest BCUT2D eigenvalue weighted by Gasteiger charge is -2.02. The van der Waals surface area contributed by atoms with E-state index in [4.69, 9.17) is 23.2 Å². The first-order valence-electron chi connectivity index (χ1n) is 8.02. The number of nitrogens with zero attached hydrogens (tertiary/aromatic N) is 3. The Hall–Kier alpha value is -2.26. The lowest BCUT2D eigenvalue weighted by molar-refractivity contribution is 0.103. The van der Waals surface area contributed by atoms with Gasteiger partial charge in [-0.25, -0.2) is 9.97 Å². The molecule has 0 bridgehead atoms. The summed E-state index contributed by atoms with van der Waals surface area (Å²) in [4.78, 5) is 34.7. The Bertz CT molecular complexity index is 1290. The fourth-order valence-corrected chi connectivity index (χ4v) is 4.98. The molecule has 28 heavy (non-hydrogen) atoms. The number of thiazole rings is 1. The van der Waals surface area contributed by atoms with Crippen molar-refractivity contribution < 1.29 is 4.79 Å². The zero-order valence-corrected chi connectivity index (χ0v) is 17.8. The van der Waals surface area contributed by atoms with E-state index in [1.807, 2.05) is 0 Å². The third-order valence-corrected chi connectivity index (χ3v) is 6.65. The molecule has 3 heterocycles. The summed E-state index contributed by atoms with van der Waals surface area (Å²) in [5.41, 5.74) is 1.81. The number of aromatic nitrogens is 3. The molecular formula is C18H12Cl2N4O2S2. The monoisotopic (exact) mass is 450 g/mol. The normalized spacial score (nSPS) is 11.1. The van der Waals surface area contributed by atoms with Crippen LogP contribution in [0.5, 0.6) is 0 Å². The van der Waals surface area contributed by atoms with E-state index in [9.17, 15) is 9.59 Å². The van der Waals surface area contributed by atoms with Crippen LogP contribution in [0.4, 0.5) is 5.13 Å². The summed E-state index contributed by atoms with van der Waals surface area (Å²) < 4.78 is 1.40. The predicted molar refractivity (Wildman–Crippen MR) is 115 cm³/mol.